The highest BCUT2D eigenvalue weighted by Crippen LogP contribution is 2.07. The van der Waals surface area contributed by atoms with Crippen molar-refractivity contribution in [2.75, 3.05) is 13.1 Å². The van der Waals surface area contributed by atoms with Gasteiger partial charge >= 0.3 is 0 Å². The van der Waals surface area contributed by atoms with Gasteiger partial charge < -0.3 is 10.6 Å². The fraction of sp³-hybridized carbons (Fsp3) is 0.200. The zero-order chi connectivity index (χ0) is 14.4. The van der Waals surface area contributed by atoms with Crippen molar-refractivity contribution in [1.29, 1.82) is 0 Å². The molecule has 1 heterocycles. The van der Waals surface area contributed by atoms with Crippen LogP contribution in [0.25, 0.3) is 0 Å². The summed E-state index contributed by atoms with van der Waals surface area (Å²) in [5, 5.41) is 7.38. The third kappa shape index (κ3) is 3.93. The predicted molar refractivity (Wildman–Crippen MR) is 80.2 cm³/mol. The molecule has 104 valence electrons. The fourth-order valence-corrected chi connectivity index (χ4v) is 2.29. The second-order valence-corrected chi connectivity index (χ2v) is 5.30. The first-order chi connectivity index (χ1) is 9.66. The largest absolute Gasteiger partial charge is 0.350 e. The van der Waals surface area contributed by atoms with Crippen LogP contribution in [0.3, 0.4) is 0 Å². The predicted octanol–water partition coefficient (Wildman–Crippen LogP) is 2.22. The molecule has 20 heavy (non-hydrogen) atoms. The Kier molecular flexibility index (Phi) is 4.90. The maximum absolute atomic E-state index is 11.8. The zero-order valence-corrected chi connectivity index (χ0v) is 12.0. The Labute approximate surface area is 121 Å². The van der Waals surface area contributed by atoms with Gasteiger partial charge in [0, 0.05) is 18.7 Å². The van der Waals surface area contributed by atoms with Crippen molar-refractivity contribution in [3.63, 3.8) is 0 Å². The van der Waals surface area contributed by atoms with Crippen molar-refractivity contribution >= 4 is 23.2 Å². The van der Waals surface area contributed by atoms with E-state index in [1.54, 1.807) is 18.2 Å². The molecule has 2 rings (SSSR count). The van der Waals surface area contributed by atoms with E-state index in [4.69, 9.17) is 0 Å². The fourth-order valence-electron chi connectivity index (χ4n) is 1.65. The summed E-state index contributed by atoms with van der Waals surface area (Å²) in [6.07, 6.45) is 0. The summed E-state index contributed by atoms with van der Waals surface area (Å²) in [6, 6.07) is 11.0. The van der Waals surface area contributed by atoms with Gasteiger partial charge in [-0.1, -0.05) is 23.8 Å². The lowest BCUT2D eigenvalue weighted by Crippen LogP contribution is -2.34. The molecule has 0 saturated heterocycles. The number of amides is 2. The van der Waals surface area contributed by atoms with Crippen LogP contribution < -0.4 is 10.6 Å². The van der Waals surface area contributed by atoms with Crippen LogP contribution in [0.4, 0.5) is 0 Å². The summed E-state index contributed by atoms with van der Waals surface area (Å²) in [6.45, 7) is 2.79. The van der Waals surface area contributed by atoms with Crippen LogP contribution in [0.1, 0.15) is 25.6 Å². The van der Waals surface area contributed by atoms with Gasteiger partial charge in [-0.15, -0.1) is 11.3 Å². The lowest BCUT2D eigenvalue weighted by Gasteiger charge is -2.06. The van der Waals surface area contributed by atoms with E-state index in [0.29, 0.717) is 23.5 Å². The average molecular weight is 288 g/mol. The Morgan fingerprint density at radius 3 is 2.25 bits per heavy atom. The van der Waals surface area contributed by atoms with Crippen LogP contribution in [0.2, 0.25) is 0 Å². The van der Waals surface area contributed by atoms with Crippen LogP contribution >= 0.6 is 11.3 Å². The normalized spacial score (nSPS) is 10.1. The van der Waals surface area contributed by atoms with Crippen molar-refractivity contribution in [2.45, 2.75) is 6.92 Å². The molecular formula is C15H16N2O2S. The molecule has 0 aliphatic rings. The van der Waals surface area contributed by atoms with Gasteiger partial charge in [-0.25, -0.2) is 0 Å². The summed E-state index contributed by atoms with van der Waals surface area (Å²) in [7, 11) is 0. The molecule has 0 bridgehead atoms. The lowest BCUT2D eigenvalue weighted by molar-refractivity contribution is 0.0929. The van der Waals surface area contributed by atoms with Crippen LogP contribution in [0.5, 0.6) is 0 Å². The maximum atomic E-state index is 11.8. The van der Waals surface area contributed by atoms with Crippen LogP contribution in [0, 0.1) is 6.92 Å². The van der Waals surface area contributed by atoms with E-state index in [9.17, 15) is 9.59 Å². The molecule has 1 aromatic carbocycles. The quantitative estimate of drug-likeness (QED) is 0.829. The van der Waals surface area contributed by atoms with E-state index in [0.717, 1.165) is 5.56 Å². The molecule has 0 aliphatic heterocycles. The van der Waals surface area contributed by atoms with E-state index in [-0.39, 0.29) is 11.8 Å². The minimum absolute atomic E-state index is 0.107. The summed E-state index contributed by atoms with van der Waals surface area (Å²) in [5.41, 5.74) is 1.74. The monoisotopic (exact) mass is 288 g/mol. The number of carbonyl (C=O) groups is 2. The third-order valence-electron chi connectivity index (χ3n) is 2.75. The Bertz CT molecular complexity index is 576. The minimum Gasteiger partial charge on any atom is -0.350 e. The summed E-state index contributed by atoms with van der Waals surface area (Å²) in [5.74, 6) is -0.236. The Hall–Kier alpha value is -2.14. The average Bonchev–Trinajstić information content (AvgIpc) is 2.98. The number of nitrogens with one attached hydrogen (secondary N) is 2. The molecule has 5 heteroatoms. The molecule has 0 spiro atoms. The van der Waals surface area contributed by atoms with E-state index < -0.39 is 0 Å². The number of thiophene rings is 1. The highest BCUT2D eigenvalue weighted by atomic mass is 32.1. The minimum atomic E-state index is -0.129. The number of carbonyl (C=O) groups excluding carboxylic acids is 2. The molecule has 0 unspecified atom stereocenters. The Morgan fingerprint density at radius 2 is 1.65 bits per heavy atom. The van der Waals surface area contributed by atoms with Gasteiger partial charge in [-0.3, -0.25) is 9.59 Å². The highest BCUT2D eigenvalue weighted by Gasteiger charge is 2.06. The zero-order valence-electron chi connectivity index (χ0n) is 11.2. The molecule has 4 nitrogen and oxygen atoms in total. The van der Waals surface area contributed by atoms with Crippen LogP contribution in [-0.2, 0) is 0 Å². The Balaban J connectivity index is 1.72. The van der Waals surface area contributed by atoms with E-state index >= 15 is 0 Å². The first-order valence-corrected chi connectivity index (χ1v) is 7.21. The number of hydrogen-bond acceptors (Lipinski definition) is 3. The number of rotatable bonds is 5. The van der Waals surface area contributed by atoms with Crippen molar-refractivity contribution < 1.29 is 9.59 Å². The van der Waals surface area contributed by atoms with Crippen molar-refractivity contribution in [3.05, 3.63) is 57.8 Å². The first kappa shape index (κ1) is 14.3. The maximum Gasteiger partial charge on any atom is 0.261 e. The van der Waals surface area contributed by atoms with Gasteiger partial charge in [-0.2, -0.15) is 0 Å². The van der Waals surface area contributed by atoms with Gasteiger partial charge in [0.2, 0.25) is 0 Å². The number of hydrogen-bond donors (Lipinski definition) is 2. The molecule has 2 amide bonds. The summed E-state index contributed by atoms with van der Waals surface area (Å²) in [4.78, 5) is 24.1. The van der Waals surface area contributed by atoms with E-state index in [1.165, 1.54) is 11.3 Å². The van der Waals surface area contributed by atoms with Crippen molar-refractivity contribution in [3.8, 4) is 0 Å². The first-order valence-electron chi connectivity index (χ1n) is 6.33. The molecule has 2 aromatic rings. The van der Waals surface area contributed by atoms with E-state index in [2.05, 4.69) is 10.6 Å². The summed E-state index contributed by atoms with van der Waals surface area (Å²) < 4.78 is 0. The van der Waals surface area contributed by atoms with Crippen LogP contribution in [0.15, 0.2) is 41.8 Å². The molecule has 1 aromatic heterocycles. The van der Waals surface area contributed by atoms with Crippen LogP contribution in [-0.4, -0.2) is 24.9 Å². The Morgan fingerprint density at radius 1 is 1.00 bits per heavy atom. The second kappa shape index (κ2) is 6.86. The van der Waals surface area contributed by atoms with E-state index in [1.807, 2.05) is 30.5 Å². The molecule has 0 saturated carbocycles. The smallest absolute Gasteiger partial charge is 0.261 e. The highest BCUT2D eigenvalue weighted by molar-refractivity contribution is 7.12. The topological polar surface area (TPSA) is 58.2 Å². The molecule has 0 fully saturated rings. The molecule has 0 atom stereocenters. The number of aryl methyl sites for hydroxylation is 1. The third-order valence-corrected chi connectivity index (χ3v) is 3.62. The van der Waals surface area contributed by atoms with Gasteiger partial charge in [0.1, 0.15) is 0 Å². The van der Waals surface area contributed by atoms with Crippen molar-refractivity contribution in [2.24, 2.45) is 0 Å². The van der Waals surface area contributed by atoms with Gasteiger partial charge in [0.25, 0.3) is 11.8 Å². The standard InChI is InChI=1S/C15H16N2O2S/c1-11-4-6-12(7-5-11)14(18)16-8-9-17-15(19)13-3-2-10-20-13/h2-7,10H,8-9H2,1H3,(H,16,18)(H,17,19). The van der Waals surface area contributed by atoms with Gasteiger partial charge in [0.15, 0.2) is 0 Å². The molecular weight excluding hydrogens is 272 g/mol. The summed E-state index contributed by atoms with van der Waals surface area (Å²) >= 11 is 1.39. The molecule has 0 aliphatic carbocycles. The van der Waals surface area contributed by atoms with Gasteiger partial charge in [0.05, 0.1) is 4.88 Å². The second-order valence-electron chi connectivity index (χ2n) is 4.36. The van der Waals surface area contributed by atoms with Gasteiger partial charge in [-0.05, 0) is 30.5 Å². The SMILES string of the molecule is Cc1ccc(C(=O)NCCNC(=O)c2cccs2)cc1. The number of benzene rings is 1. The van der Waals surface area contributed by atoms with Crippen molar-refractivity contribution in [1.82, 2.24) is 10.6 Å². The lowest BCUT2D eigenvalue weighted by atomic mass is 10.1. The molecule has 2 N–H and O–H groups in total. The molecule has 0 radical (unpaired) electrons.